The van der Waals surface area contributed by atoms with Crippen LogP contribution in [0.5, 0.6) is 0 Å². The van der Waals surface area contributed by atoms with Crippen LogP contribution in [0.3, 0.4) is 0 Å². The van der Waals surface area contributed by atoms with Gasteiger partial charge in [0.15, 0.2) is 0 Å². The highest BCUT2D eigenvalue weighted by molar-refractivity contribution is 7.89. The van der Waals surface area contributed by atoms with Crippen molar-refractivity contribution in [2.75, 3.05) is 45.9 Å². The summed E-state index contributed by atoms with van der Waals surface area (Å²) >= 11 is 0. The molecule has 2 aliphatic rings. The van der Waals surface area contributed by atoms with Gasteiger partial charge in [-0.15, -0.1) is 0 Å². The van der Waals surface area contributed by atoms with Gasteiger partial charge in [0, 0.05) is 12.5 Å². The standard InChI is InChI=1S/C33H49N5O6S/c1-2-44-33(41)30(38-45(42,43)29-12-11-26-5-3-4-6-28(26)21-29)22-36-31(39)23-37-32(40)27(9-7-24-13-17-34-18-14-24)10-8-25-15-19-35-20-16-25/h3-6,11-12,21,24-25,27,30,34-35,38H,2,7-10,13-20,22-23H2,1H3,(H,36,39)(H,37,40)/t30-/m0/s1. The van der Waals surface area contributed by atoms with Gasteiger partial charge in [0.2, 0.25) is 21.8 Å². The van der Waals surface area contributed by atoms with Gasteiger partial charge in [-0.1, -0.05) is 30.3 Å². The highest BCUT2D eigenvalue weighted by Crippen LogP contribution is 2.27. The van der Waals surface area contributed by atoms with E-state index in [1.807, 2.05) is 18.2 Å². The molecule has 248 valence electrons. The minimum absolute atomic E-state index is 0.00545. The molecule has 2 aliphatic heterocycles. The lowest BCUT2D eigenvalue weighted by Crippen LogP contribution is -2.50. The van der Waals surface area contributed by atoms with Crippen molar-refractivity contribution in [3.8, 4) is 0 Å². The number of hydrogen-bond acceptors (Lipinski definition) is 8. The lowest BCUT2D eigenvalue weighted by Gasteiger charge is -2.27. The van der Waals surface area contributed by atoms with Gasteiger partial charge in [-0.3, -0.25) is 14.4 Å². The number of piperidine rings is 2. The lowest BCUT2D eigenvalue weighted by molar-refractivity contribution is -0.145. The van der Waals surface area contributed by atoms with Crippen LogP contribution in [-0.4, -0.2) is 78.1 Å². The van der Waals surface area contributed by atoms with Gasteiger partial charge in [0.25, 0.3) is 0 Å². The lowest BCUT2D eigenvalue weighted by atomic mass is 9.84. The van der Waals surface area contributed by atoms with E-state index in [9.17, 15) is 22.8 Å². The van der Waals surface area contributed by atoms with Gasteiger partial charge in [-0.25, -0.2) is 8.42 Å². The number of rotatable bonds is 16. The Bertz CT molecular complexity index is 1350. The Morgan fingerprint density at radius 3 is 2.07 bits per heavy atom. The van der Waals surface area contributed by atoms with Gasteiger partial charge < -0.3 is 26.0 Å². The molecule has 0 radical (unpaired) electrons. The third-order valence-electron chi connectivity index (χ3n) is 8.96. The first-order valence-electron chi connectivity index (χ1n) is 16.4. The molecule has 0 saturated carbocycles. The second kappa shape index (κ2) is 17.6. The van der Waals surface area contributed by atoms with Crippen molar-refractivity contribution in [1.29, 1.82) is 0 Å². The number of benzene rings is 2. The molecule has 0 bridgehead atoms. The minimum Gasteiger partial charge on any atom is -0.465 e. The van der Waals surface area contributed by atoms with Crippen molar-refractivity contribution in [3.63, 3.8) is 0 Å². The number of amides is 2. The van der Waals surface area contributed by atoms with Crippen molar-refractivity contribution >= 4 is 38.6 Å². The van der Waals surface area contributed by atoms with E-state index >= 15 is 0 Å². The SMILES string of the molecule is CCOC(=O)[C@H](CNC(=O)CNC(=O)C(CCC1CCNCC1)CCC1CCNCC1)NS(=O)(=O)c1ccc2ccccc2c1. The molecular weight excluding hydrogens is 594 g/mol. The number of sulfonamides is 1. The van der Waals surface area contributed by atoms with Crippen molar-refractivity contribution in [2.45, 2.75) is 69.2 Å². The number of esters is 1. The molecule has 2 amide bonds. The monoisotopic (exact) mass is 643 g/mol. The maximum atomic E-state index is 13.3. The number of ether oxygens (including phenoxy) is 1. The molecule has 2 heterocycles. The summed E-state index contributed by atoms with van der Waals surface area (Å²) in [4.78, 5) is 38.7. The molecule has 2 aromatic rings. The van der Waals surface area contributed by atoms with Crippen LogP contribution in [0.2, 0.25) is 0 Å². The Kier molecular flexibility index (Phi) is 13.6. The predicted molar refractivity (Wildman–Crippen MR) is 174 cm³/mol. The van der Waals surface area contributed by atoms with E-state index in [4.69, 9.17) is 4.74 Å². The number of hydrogen-bond donors (Lipinski definition) is 5. The number of nitrogens with one attached hydrogen (secondary N) is 5. The molecule has 0 aromatic heterocycles. The van der Waals surface area contributed by atoms with Gasteiger partial charge in [-0.05, 0) is 119 Å². The van der Waals surface area contributed by atoms with Crippen LogP contribution in [-0.2, 0) is 29.1 Å². The summed E-state index contributed by atoms with van der Waals surface area (Å²) in [7, 11) is -4.11. The number of carbonyl (C=O) groups is 3. The van der Waals surface area contributed by atoms with Gasteiger partial charge in [0.05, 0.1) is 18.0 Å². The number of fused-ring (bicyclic) bond motifs is 1. The molecule has 2 aromatic carbocycles. The molecular formula is C33H49N5O6S. The van der Waals surface area contributed by atoms with Crippen LogP contribution in [0.15, 0.2) is 47.4 Å². The van der Waals surface area contributed by atoms with Crippen molar-refractivity contribution in [1.82, 2.24) is 26.0 Å². The Balaban J connectivity index is 1.31. The van der Waals surface area contributed by atoms with Crippen LogP contribution in [0.4, 0.5) is 0 Å². The molecule has 0 spiro atoms. The average molecular weight is 644 g/mol. The average Bonchev–Trinajstić information content (AvgIpc) is 3.06. The fraction of sp³-hybridized carbons (Fsp3) is 0.606. The molecule has 2 fully saturated rings. The molecule has 1 atom stereocenters. The van der Waals surface area contributed by atoms with E-state index in [2.05, 4.69) is 26.0 Å². The first kappa shape index (κ1) is 34.8. The molecule has 11 nitrogen and oxygen atoms in total. The van der Waals surface area contributed by atoms with Crippen molar-refractivity contribution < 1.29 is 27.5 Å². The van der Waals surface area contributed by atoms with E-state index in [0.717, 1.165) is 88.3 Å². The molecule has 5 N–H and O–H groups in total. The van der Waals surface area contributed by atoms with Gasteiger partial charge in [-0.2, -0.15) is 4.72 Å². The summed E-state index contributed by atoms with van der Waals surface area (Å²) in [6, 6.07) is 10.7. The molecule has 0 aliphatic carbocycles. The maximum Gasteiger partial charge on any atom is 0.326 e. The summed E-state index contributed by atoms with van der Waals surface area (Å²) in [5.41, 5.74) is 0. The molecule has 4 rings (SSSR count). The Hall–Kier alpha value is -3.06. The molecule has 2 saturated heterocycles. The zero-order valence-electron chi connectivity index (χ0n) is 26.3. The third kappa shape index (κ3) is 11.1. The summed E-state index contributed by atoms with van der Waals surface area (Å²) in [6.07, 6.45) is 8.08. The summed E-state index contributed by atoms with van der Waals surface area (Å²) in [5, 5.41) is 13.8. The first-order chi connectivity index (χ1) is 21.7. The van der Waals surface area contributed by atoms with Crippen molar-refractivity contribution in [2.24, 2.45) is 17.8 Å². The second-order valence-corrected chi connectivity index (χ2v) is 13.9. The predicted octanol–water partition coefficient (Wildman–Crippen LogP) is 2.46. The number of carbonyl (C=O) groups excluding carboxylic acids is 3. The van der Waals surface area contributed by atoms with Crippen LogP contribution < -0.4 is 26.0 Å². The largest absolute Gasteiger partial charge is 0.465 e. The van der Waals surface area contributed by atoms with Crippen LogP contribution in [0, 0.1) is 17.8 Å². The summed E-state index contributed by atoms with van der Waals surface area (Å²) < 4.78 is 33.8. The fourth-order valence-electron chi connectivity index (χ4n) is 6.22. The maximum absolute atomic E-state index is 13.3. The third-order valence-corrected chi connectivity index (χ3v) is 10.4. The van der Waals surface area contributed by atoms with E-state index in [1.54, 1.807) is 19.1 Å². The van der Waals surface area contributed by atoms with E-state index in [-0.39, 0.29) is 36.4 Å². The van der Waals surface area contributed by atoms with Crippen LogP contribution in [0.25, 0.3) is 10.8 Å². The highest BCUT2D eigenvalue weighted by Gasteiger charge is 2.28. The normalized spacial score (nSPS) is 17.2. The Morgan fingerprint density at radius 1 is 0.867 bits per heavy atom. The topological polar surface area (TPSA) is 155 Å². The van der Waals surface area contributed by atoms with Crippen LogP contribution in [0.1, 0.15) is 58.3 Å². The fourth-order valence-corrected chi connectivity index (χ4v) is 7.44. The Morgan fingerprint density at radius 2 is 1.47 bits per heavy atom. The Labute approximate surface area is 267 Å². The minimum atomic E-state index is -4.11. The quantitative estimate of drug-likeness (QED) is 0.175. The molecule has 45 heavy (non-hydrogen) atoms. The smallest absolute Gasteiger partial charge is 0.326 e. The highest BCUT2D eigenvalue weighted by atomic mass is 32.2. The summed E-state index contributed by atoms with van der Waals surface area (Å²) in [6.45, 7) is 5.15. The molecule has 12 heteroatoms. The van der Waals surface area contributed by atoms with E-state index in [1.165, 1.54) is 12.1 Å². The second-order valence-electron chi connectivity index (χ2n) is 12.2. The first-order valence-corrected chi connectivity index (χ1v) is 17.9. The molecule has 0 unspecified atom stereocenters. The van der Waals surface area contributed by atoms with Gasteiger partial charge in [0.1, 0.15) is 6.04 Å². The van der Waals surface area contributed by atoms with Gasteiger partial charge >= 0.3 is 5.97 Å². The van der Waals surface area contributed by atoms with Crippen molar-refractivity contribution in [3.05, 3.63) is 42.5 Å². The van der Waals surface area contributed by atoms with E-state index < -0.39 is 27.9 Å². The van der Waals surface area contributed by atoms with Crippen LogP contribution >= 0.6 is 0 Å². The zero-order chi connectivity index (χ0) is 32.1. The zero-order valence-corrected chi connectivity index (χ0v) is 27.1. The summed E-state index contributed by atoms with van der Waals surface area (Å²) in [5.74, 6) is -0.389. The van der Waals surface area contributed by atoms with E-state index in [0.29, 0.717) is 11.8 Å².